The molecule has 0 unspecified atom stereocenters. The normalized spacial score (nSPS) is 14.9. The summed E-state index contributed by atoms with van der Waals surface area (Å²) in [5, 5.41) is 1.00. The molecule has 3 aromatic rings. The fraction of sp³-hybridized carbons (Fsp3) is 0.296. The Balaban J connectivity index is 0.000000569. The standard InChI is InChI=1S/C24H18BN3O3.C3H9N.Y/c1-13(30)27-8-6-16-18-11-21(26-20(18)3-5-22(16)27)24(31)28-9-7-15-17-10-14(12-29)25-19(17)2-4-23(15)28;1-4(2)3;/h2-5,10-11,26H,6-9H2,1H3;1-3H3;/q-1;;. The van der Waals surface area contributed by atoms with Gasteiger partial charge in [0, 0.05) is 75.0 Å². The van der Waals surface area contributed by atoms with Crippen molar-refractivity contribution in [3.8, 4) is 0 Å². The molecule has 0 saturated carbocycles. The van der Waals surface area contributed by atoms with E-state index >= 15 is 0 Å². The molecule has 36 heavy (non-hydrogen) atoms. The number of benzene rings is 2. The van der Waals surface area contributed by atoms with Crippen LogP contribution in [-0.2, 0) is 55.1 Å². The first-order chi connectivity index (χ1) is 16.8. The van der Waals surface area contributed by atoms with Crippen molar-refractivity contribution in [3.63, 3.8) is 0 Å². The summed E-state index contributed by atoms with van der Waals surface area (Å²) in [6.45, 7) is 2.85. The predicted molar refractivity (Wildman–Crippen MR) is 141 cm³/mol. The molecule has 0 atom stereocenters. The number of carbonyl (C=O) groups excluding carboxylic acids is 3. The number of fused-ring (bicyclic) bond motifs is 6. The van der Waals surface area contributed by atoms with Gasteiger partial charge in [0.15, 0.2) is 7.28 Å². The van der Waals surface area contributed by atoms with E-state index in [1.165, 1.54) is 0 Å². The van der Waals surface area contributed by atoms with E-state index in [2.05, 4.69) is 4.98 Å². The van der Waals surface area contributed by atoms with Crippen LogP contribution in [0.25, 0.3) is 17.0 Å². The van der Waals surface area contributed by atoms with Gasteiger partial charge in [0.05, 0.1) is 0 Å². The Hall–Kier alpha value is -2.54. The molecule has 0 saturated heterocycles. The van der Waals surface area contributed by atoms with E-state index in [0.717, 1.165) is 57.3 Å². The number of anilines is 2. The zero-order valence-electron chi connectivity index (χ0n) is 21.0. The molecular weight excluding hydrogens is 528 g/mol. The quantitative estimate of drug-likeness (QED) is 0.389. The Morgan fingerprint density at radius 2 is 1.64 bits per heavy atom. The number of aromatic amines is 1. The van der Waals surface area contributed by atoms with Gasteiger partial charge in [-0.1, -0.05) is 11.5 Å². The van der Waals surface area contributed by atoms with Crippen LogP contribution in [0.1, 0.15) is 34.1 Å². The summed E-state index contributed by atoms with van der Waals surface area (Å²) in [6.07, 6.45) is 5.34. The molecule has 2 aromatic carbocycles. The molecule has 6 rings (SSSR count). The third kappa shape index (κ3) is 4.62. The van der Waals surface area contributed by atoms with Gasteiger partial charge in [-0.15, -0.1) is 5.56 Å². The molecule has 2 radical (unpaired) electrons. The molecule has 7 nitrogen and oxygen atoms in total. The van der Waals surface area contributed by atoms with Gasteiger partial charge >= 0.3 is 0 Å². The molecular formula is C27H27BN4O3Y-. The van der Waals surface area contributed by atoms with Gasteiger partial charge in [0.25, 0.3) is 5.91 Å². The second kappa shape index (κ2) is 10.4. The van der Waals surface area contributed by atoms with E-state index in [4.69, 9.17) is 0 Å². The van der Waals surface area contributed by atoms with Crippen molar-refractivity contribution in [2.24, 2.45) is 0 Å². The van der Waals surface area contributed by atoms with Crippen LogP contribution in [0.15, 0.2) is 35.8 Å². The molecule has 180 valence electrons. The Kier molecular flexibility index (Phi) is 7.69. The maximum Gasteiger partial charge on any atom is 0.274 e. The van der Waals surface area contributed by atoms with Crippen LogP contribution in [0.2, 0.25) is 0 Å². The minimum Gasteiger partial charge on any atom is -0.419 e. The molecule has 2 amide bonds. The summed E-state index contributed by atoms with van der Waals surface area (Å²) in [5.74, 6) is -0.0361. The zero-order valence-corrected chi connectivity index (χ0v) is 23.9. The SMILES string of the molecule is CC(=O)N1CCc2c1ccc1[nH]c(C(=O)N3CCc4c3ccc3c4C=C([C-]=O)[B]3)cc21.CN(C)C.[Y]. The second-order valence-corrected chi connectivity index (χ2v) is 9.59. The number of hydrogen-bond donors (Lipinski definition) is 1. The first-order valence-electron chi connectivity index (χ1n) is 11.7. The minimum atomic E-state index is -0.0711. The van der Waals surface area contributed by atoms with E-state index in [9.17, 15) is 14.4 Å². The van der Waals surface area contributed by atoms with Crippen LogP contribution in [0, 0.1) is 0 Å². The molecule has 4 heterocycles. The molecule has 0 bridgehead atoms. The topological polar surface area (TPSA) is 76.7 Å². The Morgan fingerprint density at radius 3 is 2.33 bits per heavy atom. The summed E-state index contributed by atoms with van der Waals surface area (Å²) >= 11 is 0. The first-order valence-corrected chi connectivity index (χ1v) is 11.7. The summed E-state index contributed by atoms with van der Waals surface area (Å²) in [7, 11) is 7.83. The van der Waals surface area contributed by atoms with Gasteiger partial charge in [-0.2, -0.15) is 0 Å². The molecule has 0 aliphatic carbocycles. The molecule has 1 N–H and O–H groups in total. The Labute approximate surface area is 237 Å². The van der Waals surface area contributed by atoms with Crippen LogP contribution in [-0.4, -0.2) is 69.5 Å². The zero-order chi connectivity index (χ0) is 24.9. The number of nitrogens with one attached hydrogen (secondary N) is 1. The molecule has 0 spiro atoms. The molecule has 3 aliphatic rings. The van der Waals surface area contributed by atoms with E-state index in [-0.39, 0.29) is 44.5 Å². The number of rotatable bonds is 2. The fourth-order valence-corrected chi connectivity index (χ4v) is 5.16. The number of aromatic nitrogens is 1. The van der Waals surface area contributed by atoms with Crippen LogP contribution < -0.4 is 15.3 Å². The van der Waals surface area contributed by atoms with Gasteiger partial charge in [0.2, 0.25) is 5.91 Å². The minimum absolute atomic E-state index is 0. The molecule has 3 aliphatic heterocycles. The van der Waals surface area contributed by atoms with Crippen molar-refractivity contribution in [1.82, 2.24) is 9.88 Å². The van der Waals surface area contributed by atoms with Crippen LogP contribution in [0.3, 0.4) is 0 Å². The van der Waals surface area contributed by atoms with Gasteiger partial charge in [-0.05, 0) is 75.7 Å². The van der Waals surface area contributed by atoms with Crippen molar-refractivity contribution in [2.45, 2.75) is 19.8 Å². The van der Waals surface area contributed by atoms with Crippen LogP contribution >= 0.6 is 0 Å². The van der Waals surface area contributed by atoms with E-state index in [1.807, 2.05) is 76.0 Å². The van der Waals surface area contributed by atoms with Crippen LogP contribution in [0.4, 0.5) is 11.4 Å². The smallest absolute Gasteiger partial charge is 0.274 e. The third-order valence-electron chi connectivity index (χ3n) is 6.59. The summed E-state index contributed by atoms with van der Waals surface area (Å²) < 4.78 is 0. The average Bonchev–Trinajstić information content (AvgIpc) is 3.59. The maximum absolute atomic E-state index is 13.4. The van der Waals surface area contributed by atoms with Gasteiger partial charge in [0.1, 0.15) is 5.69 Å². The first kappa shape index (κ1) is 26.5. The van der Waals surface area contributed by atoms with Gasteiger partial charge < -0.3 is 24.5 Å². The monoisotopic (exact) mass is 555 g/mol. The average molecular weight is 555 g/mol. The number of allylic oxidation sites excluding steroid dienone is 1. The number of nitrogens with zero attached hydrogens (tertiary/aromatic N) is 3. The van der Waals surface area contributed by atoms with Gasteiger partial charge in [-0.25, -0.2) is 11.5 Å². The van der Waals surface area contributed by atoms with E-state index in [1.54, 1.807) is 16.7 Å². The Morgan fingerprint density at radius 1 is 1.00 bits per heavy atom. The van der Waals surface area contributed by atoms with Crippen molar-refractivity contribution < 1.29 is 47.1 Å². The largest absolute Gasteiger partial charge is 0.419 e. The number of H-pyrrole nitrogens is 1. The van der Waals surface area contributed by atoms with Gasteiger partial charge in [-0.3, -0.25) is 9.59 Å². The summed E-state index contributed by atoms with van der Waals surface area (Å²) in [6, 6.07) is 9.72. The molecule has 1 aromatic heterocycles. The second-order valence-electron chi connectivity index (χ2n) is 9.59. The van der Waals surface area contributed by atoms with Crippen molar-refractivity contribution in [3.05, 3.63) is 58.2 Å². The van der Waals surface area contributed by atoms with Crippen molar-refractivity contribution in [1.29, 1.82) is 0 Å². The summed E-state index contributed by atoms with van der Waals surface area (Å²) in [4.78, 5) is 45.2. The van der Waals surface area contributed by atoms with E-state index in [0.29, 0.717) is 24.3 Å². The van der Waals surface area contributed by atoms with Crippen LogP contribution in [0.5, 0.6) is 0 Å². The maximum atomic E-state index is 13.4. The van der Waals surface area contributed by atoms with Crippen molar-refractivity contribution >= 4 is 59.2 Å². The van der Waals surface area contributed by atoms with Crippen molar-refractivity contribution in [2.75, 3.05) is 44.0 Å². The number of amides is 2. The van der Waals surface area contributed by atoms with E-state index < -0.39 is 0 Å². The number of hydrogen-bond acceptors (Lipinski definition) is 4. The number of carbonyl (C=O) groups is 2. The Bertz CT molecular complexity index is 1410. The fourth-order valence-electron chi connectivity index (χ4n) is 5.16. The predicted octanol–water partition coefficient (Wildman–Crippen LogP) is 2.25. The third-order valence-corrected chi connectivity index (χ3v) is 6.59. The molecule has 9 heteroatoms. The summed E-state index contributed by atoms with van der Waals surface area (Å²) in [5.41, 5.74) is 8.05. The molecule has 0 fully saturated rings.